The van der Waals surface area contributed by atoms with Gasteiger partial charge in [0.15, 0.2) is 0 Å². The van der Waals surface area contributed by atoms with Crippen molar-refractivity contribution in [1.82, 2.24) is 0 Å². The summed E-state index contributed by atoms with van der Waals surface area (Å²) in [5, 5.41) is 6.63. The smallest absolute Gasteiger partial charge is 0.337 e. The third-order valence-electron chi connectivity index (χ3n) is 3.45. The molecule has 126 valence electrons. The molecule has 0 aliphatic rings. The van der Waals surface area contributed by atoms with Gasteiger partial charge in [-0.1, -0.05) is 11.6 Å². The van der Waals surface area contributed by atoms with Crippen molar-refractivity contribution in [3.8, 4) is 0 Å². The topological polar surface area (TPSA) is 67.4 Å². The lowest BCUT2D eigenvalue weighted by atomic mass is 10.2. The number of ether oxygens (including phenoxy) is 1. The van der Waals surface area contributed by atoms with Crippen LogP contribution < -0.4 is 10.6 Å². The molecule has 0 saturated heterocycles. The maximum atomic E-state index is 12.0. The molecule has 0 fully saturated rings. The number of benzene rings is 2. The van der Waals surface area contributed by atoms with Gasteiger partial charge in [0.2, 0.25) is 5.91 Å². The zero-order valence-electron chi connectivity index (χ0n) is 13.6. The Bertz CT molecular complexity index is 730. The van der Waals surface area contributed by atoms with E-state index in [0.717, 1.165) is 16.9 Å². The van der Waals surface area contributed by atoms with Gasteiger partial charge in [0.25, 0.3) is 0 Å². The fourth-order valence-electron chi connectivity index (χ4n) is 2.14. The van der Waals surface area contributed by atoms with Crippen LogP contribution in [0.15, 0.2) is 42.5 Å². The van der Waals surface area contributed by atoms with E-state index >= 15 is 0 Å². The zero-order valence-corrected chi connectivity index (χ0v) is 14.3. The number of hydrogen-bond donors (Lipinski definition) is 2. The molecule has 0 saturated carbocycles. The molecule has 0 bridgehead atoms. The highest BCUT2D eigenvalue weighted by Gasteiger charge is 2.06. The van der Waals surface area contributed by atoms with Gasteiger partial charge in [0.1, 0.15) is 0 Å². The predicted molar refractivity (Wildman–Crippen MR) is 95.7 cm³/mol. The van der Waals surface area contributed by atoms with Crippen molar-refractivity contribution in [1.29, 1.82) is 0 Å². The molecule has 0 aliphatic carbocycles. The molecule has 24 heavy (non-hydrogen) atoms. The molecular formula is C18H19ClN2O3. The van der Waals surface area contributed by atoms with E-state index in [9.17, 15) is 9.59 Å². The number of anilines is 2. The van der Waals surface area contributed by atoms with Gasteiger partial charge in [-0.25, -0.2) is 4.79 Å². The normalized spacial score (nSPS) is 10.1. The summed E-state index contributed by atoms with van der Waals surface area (Å²) in [4.78, 5) is 23.3. The molecule has 2 N–H and O–H groups in total. The van der Waals surface area contributed by atoms with Gasteiger partial charge in [0, 0.05) is 29.4 Å². The molecule has 0 radical (unpaired) electrons. The Morgan fingerprint density at radius 1 is 1.12 bits per heavy atom. The van der Waals surface area contributed by atoms with Crippen LogP contribution in [0, 0.1) is 6.92 Å². The first kappa shape index (κ1) is 17.8. The van der Waals surface area contributed by atoms with Gasteiger partial charge < -0.3 is 15.4 Å². The quantitative estimate of drug-likeness (QED) is 0.779. The first-order valence-electron chi connectivity index (χ1n) is 7.48. The summed E-state index contributed by atoms with van der Waals surface area (Å²) in [7, 11) is 1.34. The van der Waals surface area contributed by atoms with E-state index in [2.05, 4.69) is 15.4 Å². The summed E-state index contributed by atoms with van der Waals surface area (Å²) >= 11 is 5.89. The van der Waals surface area contributed by atoms with Gasteiger partial charge >= 0.3 is 5.97 Å². The summed E-state index contributed by atoms with van der Waals surface area (Å²) in [6.45, 7) is 2.37. The molecule has 6 heteroatoms. The van der Waals surface area contributed by atoms with Crippen LogP contribution in [0.3, 0.4) is 0 Å². The Labute approximate surface area is 146 Å². The lowest BCUT2D eigenvalue weighted by molar-refractivity contribution is -0.115. The highest BCUT2D eigenvalue weighted by Crippen LogP contribution is 2.19. The molecule has 0 aromatic heterocycles. The molecule has 0 aliphatic heterocycles. The van der Waals surface area contributed by atoms with Crippen LogP contribution in [0.1, 0.15) is 22.3 Å². The third kappa shape index (κ3) is 4.99. The van der Waals surface area contributed by atoms with Crippen molar-refractivity contribution < 1.29 is 14.3 Å². The van der Waals surface area contributed by atoms with Gasteiger partial charge in [-0.15, -0.1) is 0 Å². The fraction of sp³-hybridized carbons (Fsp3) is 0.222. The first-order chi connectivity index (χ1) is 11.5. The van der Waals surface area contributed by atoms with Crippen LogP contribution in [0.5, 0.6) is 0 Å². The van der Waals surface area contributed by atoms with Crippen LogP contribution >= 0.6 is 11.6 Å². The van der Waals surface area contributed by atoms with E-state index in [-0.39, 0.29) is 11.9 Å². The van der Waals surface area contributed by atoms with Crippen molar-refractivity contribution in [2.45, 2.75) is 13.3 Å². The second-order valence-electron chi connectivity index (χ2n) is 5.25. The number of esters is 1. The van der Waals surface area contributed by atoms with Gasteiger partial charge in [-0.05, 0) is 55.0 Å². The van der Waals surface area contributed by atoms with Crippen molar-refractivity contribution in [2.24, 2.45) is 0 Å². The SMILES string of the molecule is COC(=O)c1ccc(NCCC(=O)Nc2ccc(Cl)cc2C)cc1. The van der Waals surface area contributed by atoms with E-state index in [0.29, 0.717) is 23.6 Å². The minimum absolute atomic E-state index is 0.0842. The highest BCUT2D eigenvalue weighted by molar-refractivity contribution is 6.30. The molecule has 2 rings (SSSR count). The second-order valence-corrected chi connectivity index (χ2v) is 5.69. The molecule has 0 heterocycles. The van der Waals surface area contributed by atoms with Crippen LogP contribution in [0.25, 0.3) is 0 Å². The third-order valence-corrected chi connectivity index (χ3v) is 3.68. The second kappa shape index (κ2) is 8.36. The lowest BCUT2D eigenvalue weighted by Crippen LogP contribution is -2.16. The molecule has 0 atom stereocenters. The minimum atomic E-state index is -0.376. The van der Waals surface area contributed by atoms with Crippen molar-refractivity contribution in [3.05, 3.63) is 58.6 Å². The number of hydrogen-bond acceptors (Lipinski definition) is 4. The summed E-state index contributed by atoms with van der Waals surface area (Å²) in [5.74, 6) is -0.460. The monoisotopic (exact) mass is 346 g/mol. The number of carbonyl (C=O) groups excluding carboxylic acids is 2. The van der Waals surface area contributed by atoms with Gasteiger partial charge in [0.05, 0.1) is 12.7 Å². The number of rotatable bonds is 6. The van der Waals surface area contributed by atoms with E-state index in [1.807, 2.05) is 6.92 Å². The number of methoxy groups -OCH3 is 1. The van der Waals surface area contributed by atoms with Crippen LogP contribution in [0.4, 0.5) is 11.4 Å². The molecule has 0 spiro atoms. The molecule has 2 aromatic rings. The van der Waals surface area contributed by atoms with Crippen molar-refractivity contribution in [2.75, 3.05) is 24.3 Å². The summed E-state index contributed by atoms with van der Waals surface area (Å²) in [6, 6.07) is 12.2. The van der Waals surface area contributed by atoms with Crippen molar-refractivity contribution in [3.63, 3.8) is 0 Å². The summed E-state index contributed by atoms with van der Waals surface area (Å²) in [6.07, 6.45) is 0.320. The highest BCUT2D eigenvalue weighted by atomic mass is 35.5. The van der Waals surface area contributed by atoms with Crippen molar-refractivity contribution >= 4 is 34.9 Å². The number of halogens is 1. The Balaban J connectivity index is 1.81. The number of carbonyl (C=O) groups is 2. The maximum Gasteiger partial charge on any atom is 0.337 e. The van der Waals surface area contributed by atoms with Gasteiger partial charge in [-0.3, -0.25) is 4.79 Å². The van der Waals surface area contributed by atoms with Crippen LogP contribution in [-0.4, -0.2) is 25.5 Å². The maximum absolute atomic E-state index is 12.0. The Morgan fingerprint density at radius 2 is 1.83 bits per heavy atom. The minimum Gasteiger partial charge on any atom is -0.465 e. The molecular weight excluding hydrogens is 328 g/mol. The van der Waals surface area contributed by atoms with E-state index in [1.165, 1.54) is 7.11 Å². The standard InChI is InChI=1S/C18H19ClN2O3/c1-12-11-14(19)5-8-16(12)21-17(22)9-10-20-15-6-3-13(4-7-15)18(23)24-2/h3-8,11,20H,9-10H2,1-2H3,(H,21,22). The number of nitrogens with one attached hydrogen (secondary N) is 2. The molecule has 2 aromatic carbocycles. The average Bonchev–Trinajstić information content (AvgIpc) is 2.57. The fourth-order valence-corrected chi connectivity index (χ4v) is 2.37. The van der Waals surface area contributed by atoms with E-state index in [1.54, 1.807) is 42.5 Å². The van der Waals surface area contributed by atoms with Crippen LogP contribution in [0.2, 0.25) is 5.02 Å². The number of aryl methyl sites for hydroxylation is 1. The zero-order chi connectivity index (χ0) is 17.5. The van der Waals surface area contributed by atoms with Gasteiger partial charge in [-0.2, -0.15) is 0 Å². The largest absolute Gasteiger partial charge is 0.465 e. The van der Waals surface area contributed by atoms with Crippen LogP contribution in [-0.2, 0) is 9.53 Å². The molecule has 0 unspecified atom stereocenters. The Morgan fingerprint density at radius 3 is 2.46 bits per heavy atom. The lowest BCUT2D eigenvalue weighted by Gasteiger charge is -2.10. The average molecular weight is 347 g/mol. The van der Waals surface area contributed by atoms with E-state index in [4.69, 9.17) is 11.6 Å². The Hall–Kier alpha value is -2.53. The Kier molecular flexibility index (Phi) is 6.21. The predicted octanol–water partition coefficient (Wildman–Crippen LogP) is 3.88. The first-order valence-corrected chi connectivity index (χ1v) is 7.85. The summed E-state index contributed by atoms with van der Waals surface area (Å²) < 4.78 is 4.64. The number of amides is 1. The summed E-state index contributed by atoms with van der Waals surface area (Å²) in [5.41, 5.74) is 2.99. The molecule has 5 nitrogen and oxygen atoms in total. The van der Waals surface area contributed by atoms with E-state index < -0.39 is 0 Å². The molecule has 1 amide bonds.